The lowest BCUT2D eigenvalue weighted by Gasteiger charge is -2.23. The van der Waals surface area contributed by atoms with Gasteiger partial charge in [0.25, 0.3) is 0 Å². The van der Waals surface area contributed by atoms with Crippen LogP contribution in [0.15, 0.2) is 0 Å². The molecule has 4 rings (SSSR count). The molecule has 0 amide bonds. The highest BCUT2D eigenvalue weighted by atomic mass is 16.5. The van der Waals surface area contributed by atoms with Gasteiger partial charge in [-0.05, 0) is 43.9 Å². The molecule has 10 nitrogen and oxygen atoms in total. The topological polar surface area (TPSA) is 128 Å². The number of nitrogens with one attached hydrogen (secondary N) is 3. The van der Waals surface area contributed by atoms with E-state index >= 15 is 0 Å². The summed E-state index contributed by atoms with van der Waals surface area (Å²) >= 11 is 0. The Bertz CT molecular complexity index is 674. The molecule has 174 valence electrons. The van der Waals surface area contributed by atoms with Gasteiger partial charge in [0.05, 0.1) is 32.5 Å². The van der Waals surface area contributed by atoms with Gasteiger partial charge in [-0.15, -0.1) is 0 Å². The van der Waals surface area contributed by atoms with Crippen LogP contribution in [0.2, 0.25) is 0 Å². The first kappa shape index (κ1) is 22.4. The maximum atomic E-state index is 5.70. The monoisotopic (exact) mass is 435 g/mol. The van der Waals surface area contributed by atoms with Crippen LogP contribution in [0.5, 0.6) is 0 Å². The highest BCUT2D eigenvalue weighted by molar-refractivity contribution is 5.43. The van der Waals surface area contributed by atoms with Crippen LogP contribution < -0.4 is 21.7 Å². The first-order valence-corrected chi connectivity index (χ1v) is 11.8. The Labute approximate surface area is 184 Å². The van der Waals surface area contributed by atoms with E-state index in [0.717, 1.165) is 31.3 Å². The predicted molar refractivity (Wildman–Crippen MR) is 119 cm³/mol. The van der Waals surface area contributed by atoms with Crippen molar-refractivity contribution in [2.45, 2.75) is 50.7 Å². The molecule has 1 aromatic rings. The number of anilines is 3. The van der Waals surface area contributed by atoms with Gasteiger partial charge in [-0.1, -0.05) is 6.42 Å². The largest absolute Gasteiger partial charge is 0.378 e. The van der Waals surface area contributed by atoms with E-state index in [9.17, 15) is 0 Å². The zero-order valence-corrected chi connectivity index (χ0v) is 18.4. The zero-order valence-electron chi connectivity index (χ0n) is 18.4. The summed E-state index contributed by atoms with van der Waals surface area (Å²) in [5, 5.41) is 10.2. The quantitative estimate of drug-likeness (QED) is 0.319. The third kappa shape index (κ3) is 6.86. The van der Waals surface area contributed by atoms with Crippen molar-refractivity contribution in [3.8, 4) is 0 Å². The summed E-state index contributed by atoms with van der Waals surface area (Å²) in [7, 11) is 0. The molecule has 4 unspecified atom stereocenters. The molecule has 31 heavy (non-hydrogen) atoms. The summed E-state index contributed by atoms with van der Waals surface area (Å²) in [4.78, 5) is 13.8. The second-order valence-electron chi connectivity index (χ2n) is 8.69. The van der Waals surface area contributed by atoms with Crippen LogP contribution in [0.25, 0.3) is 0 Å². The van der Waals surface area contributed by atoms with Crippen LogP contribution in [0.1, 0.15) is 38.5 Å². The minimum Gasteiger partial charge on any atom is -0.378 e. The van der Waals surface area contributed by atoms with Crippen molar-refractivity contribution in [1.82, 2.24) is 15.0 Å². The van der Waals surface area contributed by atoms with Crippen molar-refractivity contribution >= 4 is 17.8 Å². The molecule has 1 aromatic heterocycles. The number of fused-ring (bicyclic) bond motifs is 2. The number of nitrogens with two attached hydrogens (primary N) is 1. The number of hydrogen-bond donors (Lipinski definition) is 4. The van der Waals surface area contributed by atoms with Crippen LogP contribution in [0.4, 0.5) is 17.8 Å². The van der Waals surface area contributed by atoms with E-state index in [1.54, 1.807) is 0 Å². The Morgan fingerprint density at radius 1 is 0.903 bits per heavy atom. The van der Waals surface area contributed by atoms with Gasteiger partial charge in [0, 0.05) is 32.3 Å². The normalized spacial score (nSPS) is 27.0. The Kier molecular flexibility index (Phi) is 8.51. The molecule has 10 heteroatoms. The summed E-state index contributed by atoms with van der Waals surface area (Å²) in [6.45, 7) is 4.90. The minimum absolute atomic E-state index is 0.227. The molecular formula is C21H37N7O3. The van der Waals surface area contributed by atoms with Crippen molar-refractivity contribution in [2.24, 2.45) is 17.6 Å². The molecule has 2 heterocycles. The summed E-state index contributed by atoms with van der Waals surface area (Å²) in [6.07, 6.45) is 7.66. The molecule has 0 radical (unpaired) electrons. The van der Waals surface area contributed by atoms with Gasteiger partial charge in [0.2, 0.25) is 17.8 Å². The Balaban J connectivity index is 1.28. The van der Waals surface area contributed by atoms with E-state index in [-0.39, 0.29) is 6.10 Å². The minimum atomic E-state index is 0.227. The zero-order chi connectivity index (χ0) is 21.3. The molecule has 0 spiro atoms. The number of hydrogen-bond acceptors (Lipinski definition) is 10. The summed E-state index contributed by atoms with van der Waals surface area (Å²) in [5.74, 6) is 3.38. The number of aromatic nitrogens is 3. The first-order valence-electron chi connectivity index (χ1n) is 11.8. The summed E-state index contributed by atoms with van der Waals surface area (Å²) < 4.78 is 16.6. The Morgan fingerprint density at radius 3 is 2.42 bits per heavy atom. The predicted octanol–water partition coefficient (Wildman–Crippen LogP) is 1.47. The SMILES string of the molecule is NCCOCCOCCNc1nc(NCC2CCCO2)nc(NC2CC3CCC2C3)n1. The van der Waals surface area contributed by atoms with Crippen LogP contribution >= 0.6 is 0 Å². The standard InChI is InChI=1S/C21H37N7O3/c22-5-8-29-10-11-30-9-6-23-19-26-20(24-14-17-2-1-7-31-17)28-21(27-19)25-18-13-15-3-4-16(18)12-15/h15-18H,1-14,22H2,(H3,23,24,25,26,27,28). The number of ether oxygens (including phenoxy) is 3. The maximum absolute atomic E-state index is 5.70. The molecule has 2 bridgehead atoms. The third-order valence-electron chi connectivity index (χ3n) is 6.36. The molecule has 5 N–H and O–H groups in total. The molecule has 1 aliphatic heterocycles. The smallest absolute Gasteiger partial charge is 0.229 e. The molecule has 0 aromatic carbocycles. The van der Waals surface area contributed by atoms with Crippen LogP contribution in [-0.4, -0.2) is 79.8 Å². The van der Waals surface area contributed by atoms with E-state index in [2.05, 4.69) is 30.9 Å². The van der Waals surface area contributed by atoms with Gasteiger partial charge in [-0.3, -0.25) is 0 Å². The van der Waals surface area contributed by atoms with E-state index < -0.39 is 0 Å². The van der Waals surface area contributed by atoms with Gasteiger partial charge in [-0.25, -0.2) is 0 Å². The van der Waals surface area contributed by atoms with Gasteiger partial charge < -0.3 is 35.9 Å². The van der Waals surface area contributed by atoms with Gasteiger partial charge in [0.15, 0.2) is 0 Å². The van der Waals surface area contributed by atoms with E-state index in [0.29, 0.717) is 69.9 Å². The van der Waals surface area contributed by atoms with Gasteiger partial charge in [-0.2, -0.15) is 15.0 Å². The second kappa shape index (κ2) is 11.8. The fourth-order valence-corrected chi connectivity index (χ4v) is 4.84. The summed E-state index contributed by atoms with van der Waals surface area (Å²) in [6, 6.07) is 0.469. The lowest BCUT2D eigenvalue weighted by molar-refractivity contribution is 0.0547. The molecule has 4 atom stereocenters. The molecule has 3 fully saturated rings. The third-order valence-corrected chi connectivity index (χ3v) is 6.36. The fraction of sp³-hybridized carbons (Fsp3) is 0.857. The van der Waals surface area contributed by atoms with E-state index in [1.807, 2.05) is 0 Å². The van der Waals surface area contributed by atoms with Crippen molar-refractivity contribution in [3.63, 3.8) is 0 Å². The van der Waals surface area contributed by atoms with E-state index in [1.165, 1.54) is 25.7 Å². The lowest BCUT2D eigenvalue weighted by atomic mass is 9.95. The molecule has 2 saturated carbocycles. The Hall–Kier alpha value is -1.75. The van der Waals surface area contributed by atoms with Crippen molar-refractivity contribution < 1.29 is 14.2 Å². The highest BCUT2D eigenvalue weighted by Gasteiger charge is 2.39. The lowest BCUT2D eigenvalue weighted by Crippen LogP contribution is -2.28. The second-order valence-corrected chi connectivity index (χ2v) is 8.69. The molecule has 1 saturated heterocycles. The summed E-state index contributed by atoms with van der Waals surface area (Å²) in [5.41, 5.74) is 5.39. The van der Waals surface area contributed by atoms with Crippen LogP contribution in [0.3, 0.4) is 0 Å². The van der Waals surface area contributed by atoms with E-state index in [4.69, 9.17) is 19.9 Å². The first-order chi connectivity index (χ1) is 15.3. The maximum Gasteiger partial charge on any atom is 0.229 e. The van der Waals surface area contributed by atoms with Crippen molar-refractivity contribution in [3.05, 3.63) is 0 Å². The van der Waals surface area contributed by atoms with Crippen LogP contribution in [-0.2, 0) is 14.2 Å². The number of nitrogens with zero attached hydrogens (tertiary/aromatic N) is 3. The van der Waals surface area contributed by atoms with Crippen LogP contribution in [0, 0.1) is 11.8 Å². The highest BCUT2D eigenvalue weighted by Crippen LogP contribution is 2.45. The number of rotatable bonds is 14. The fourth-order valence-electron chi connectivity index (χ4n) is 4.84. The Morgan fingerprint density at radius 2 is 1.71 bits per heavy atom. The molecule has 3 aliphatic rings. The van der Waals surface area contributed by atoms with Gasteiger partial charge >= 0.3 is 0 Å². The van der Waals surface area contributed by atoms with Gasteiger partial charge in [0.1, 0.15) is 0 Å². The van der Waals surface area contributed by atoms with Crippen molar-refractivity contribution in [2.75, 3.05) is 68.6 Å². The molecule has 2 aliphatic carbocycles. The average molecular weight is 436 g/mol. The van der Waals surface area contributed by atoms with Crippen molar-refractivity contribution in [1.29, 1.82) is 0 Å². The average Bonchev–Trinajstić information content (AvgIpc) is 3.53. The molecular weight excluding hydrogens is 398 g/mol.